The van der Waals surface area contributed by atoms with Gasteiger partial charge >= 0.3 is 12.1 Å². The van der Waals surface area contributed by atoms with E-state index in [1.54, 1.807) is 26.0 Å². The summed E-state index contributed by atoms with van der Waals surface area (Å²) in [5, 5.41) is 43.1. The zero-order chi connectivity index (χ0) is 35.4. The van der Waals surface area contributed by atoms with Gasteiger partial charge in [-0.2, -0.15) is 0 Å². The van der Waals surface area contributed by atoms with Crippen LogP contribution in [0.2, 0.25) is 0 Å². The number of ether oxygens (including phenoxy) is 3. The smallest absolute Gasteiger partial charge is 0.404 e. The lowest BCUT2D eigenvalue weighted by atomic mass is 9.81. The quantitative estimate of drug-likeness (QED) is 0.110. The van der Waals surface area contributed by atoms with Crippen molar-refractivity contribution in [1.29, 1.82) is 0 Å². The third-order valence-electron chi connectivity index (χ3n) is 9.60. The van der Waals surface area contributed by atoms with E-state index in [4.69, 9.17) is 19.9 Å². The predicted molar refractivity (Wildman–Crippen MR) is 181 cm³/mol. The Morgan fingerprint density at radius 2 is 1.62 bits per heavy atom. The Bertz CT molecular complexity index is 1160. The summed E-state index contributed by atoms with van der Waals surface area (Å²) < 4.78 is 16.8. The van der Waals surface area contributed by atoms with Gasteiger partial charge in [-0.05, 0) is 31.7 Å². The third kappa shape index (κ3) is 12.7. The number of primary amides is 1. The minimum atomic E-state index is -0.900. The summed E-state index contributed by atoms with van der Waals surface area (Å²) in [6, 6.07) is 9.77. The number of nitrogens with two attached hydrogens (primary N) is 1. The second-order valence-electron chi connectivity index (χ2n) is 13.9. The van der Waals surface area contributed by atoms with E-state index in [9.17, 15) is 30.0 Å². The molecule has 1 aliphatic rings. The van der Waals surface area contributed by atoms with Crippen molar-refractivity contribution in [3.8, 4) is 0 Å². The Morgan fingerprint density at radius 3 is 2.23 bits per heavy atom. The fourth-order valence-corrected chi connectivity index (χ4v) is 6.52. The van der Waals surface area contributed by atoms with Crippen LogP contribution < -0.4 is 5.73 Å². The number of amides is 1. The van der Waals surface area contributed by atoms with E-state index < -0.39 is 60.5 Å². The van der Waals surface area contributed by atoms with Gasteiger partial charge in [0.25, 0.3) is 0 Å². The molecule has 10 nitrogen and oxygen atoms in total. The molecule has 6 N–H and O–H groups in total. The molecule has 13 atom stereocenters. The molecule has 47 heavy (non-hydrogen) atoms. The lowest BCUT2D eigenvalue weighted by molar-refractivity contribution is -0.179. The van der Waals surface area contributed by atoms with Crippen molar-refractivity contribution in [3.63, 3.8) is 0 Å². The molecule has 1 aromatic carbocycles. The summed E-state index contributed by atoms with van der Waals surface area (Å²) in [7, 11) is 0. The van der Waals surface area contributed by atoms with E-state index >= 15 is 0 Å². The molecular formula is C37H59NO9. The van der Waals surface area contributed by atoms with Gasteiger partial charge in [-0.3, -0.25) is 4.79 Å². The zero-order valence-electron chi connectivity index (χ0n) is 29.4. The number of hydrogen-bond acceptors (Lipinski definition) is 9. The van der Waals surface area contributed by atoms with Gasteiger partial charge in [0, 0.05) is 36.0 Å². The molecule has 1 heterocycles. The van der Waals surface area contributed by atoms with Crippen LogP contribution in [-0.2, 0) is 25.6 Å². The number of carbonyl (C=O) groups excluding carboxylic acids is 2. The maximum absolute atomic E-state index is 12.0. The molecule has 0 bridgehead atoms. The monoisotopic (exact) mass is 661 g/mol. The number of rotatable bonds is 18. The van der Waals surface area contributed by atoms with Crippen LogP contribution in [0.15, 0.2) is 54.1 Å². The van der Waals surface area contributed by atoms with Gasteiger partial charge in [0.05, 0.1) is 43.5 Å². The van der Waals surface area contributed by atoms with Crippen molar-refractivity contribution in [1.82, 2.24) is 0 Å². The van der Waals surface area contributed by atoms with E-state index in [0.29, 0.717) is 19.6 Å². The van der Waals surface area contributed by atoms with Crippen molar-refractivity contribution in [3.05, 3.63) is 59.7 Å². The number of aliphatic hydroxyl groups is 4. The first-order valence-electron chi connectivity index (χ1n) is 16.9. The van der Waals surface area contributed by atoms with E-state index in [2.05, 4.69) is 0 Å². The van der Waals surface area contributed by atoms with Crippen LogP contribution >= 0.6 is 0 Å². The number of esters is 1. The van der Waals surface area contributed by atoms with Gasteiger partial charge in [-0.1, -0.05) is 95.7 Å². The summed E-state index contributed by atoms with van der Waals surface area (Å²) >= 11 is 0. The Hall–Kier alpha value is -2.76. The fraction of sp³-hybridized carbons (Fsp3) is 0.676. The van der Waals surface area contributed by atoms with E-state index in [1.165, 1.54) is 0 Å². The van der Waals surface area contributed by atoms with Crippen LogP contribution in [-0.4, -0.2) is 75.7 Å². The topological polar surface area (TPSA) is 169 Å². The second kappa shape index (κ2) is 19.3. The van der Waals surface area contributed by atoms with Crippen LogP contribution in [0.4, 0.5) is 4.79 Å². The van der Waals surface area contributed by atoms with Crippen molar-refractivity contribution in [2.45, 2.75) is 111 Å². The molecule has 6 unspecified atom stereocenters. The van der Waals surface area contributed by atoms with Gasteiger partial charge in [0.2, 0.25) is 0 Å². The van der Waals surface area contributed by atoms with Crippen LogP contribution in [0.1, 0.15) is 73.8 Å². The highest BCUT2D eigenvalue weighted by molar-refractivity contribution is 5.73. The summed E-state index contributed by atoms with van der Waals surface area (Å²) in [5.41, 5.74) is 7.43. The highest BCUT2D eigenvalue weighted by Crippen LogP contribution is 2.30. The van der Waals surface area contributed by atoms with Crippen molar-refractivity contribution in [2.24, 2.45) is 47.2 Å². The van der Waals surface area contributed by atoms with Crippen molar-refractivity contribution in [2.75, 3.05) is 6.61 Å². The molecule has 0 radical (unpaired) electrons. The number of benzene rings is 1. The van der Waals surface area contributed by atoms with Crippen LogP contribution in [0.5, 0.6) is 0 Å². The number of aliphatic hydroxyl groups excluding tert-OH is 4. The molecular weight excluding hydrogens is 602 g/mol. The zero-order valence-corrected chi connectivity index (χ0v) is 29.4. The number of allylic oxidation sites excluding steroid dienone is 1. The first-order chi connectivity index (χ1) is 22.0. The van der Waals surface area contributed by atoms with Gasteiger partial charge in [-0.15, -0.1) is 0 Å². The van der Waals surface area contributed by atoms with E-state index in [0.717, 1.165) is 11.1 Å². The molecule has 10 heteroatoms. The predicted octanol–water partition coefficient (Wildman–Crippen LogP) is 4.77. The Kier molecular flexibility index (Phi) is 16.6. The largest absolute Gasteiger partial charge is 0.462 e. The minimum Gasteiger partial charge on any atom is -0.462 e. The van der Waals surface area contributed by atoms with Crippen LogP contribution in [0, 0.1) is 41.4 Å². The maximum Gasteiger partial charge on any atom is 0.404 e. The molecule has 266 valence electrons. The van der Waals surface area contributed by atoms with Gasteiger partial charge in [0.15, 0.2) is 0 Å². The first kappa shape index (κ1) is 40.4. The molecule has 0 aromatic heterocycles. The number of cyclic esters (lactones) is 1. The molecule has 1 aliphatic heterocycles. The van der Waals surface area contributed by atoms with Crippen LogP contribution in [0.3, 0.4) is 0 Å². The van der Waals surface area contributed by atoms with Crippen molar-refractivity contribution >= 4 is 12.1 Å². The third-order valence-corrected chi connectivity index (χ3v) is 9.60. The van der Waals surface area contributed by atoms with Crippen molar-refractivity contribution < 1.29 is 44.2 Å². The molecule has 1 fully saturated rings. The van der Waals surface area contributed by atoms with Gasteiger partial charge < -0.3 is 40.4 Å². The highest BCUT2D eigenvalue weighted by Gasteiger charge is 2.41. The standard InChI is InChI=1S/C37H59NO9/c1-21(16-23(3)32(40)22(2)14-15-30(39)18-31-26(6)34(42)28(8)36(43)46-31)17-24(4)33(41)27(7)35(47-37(38)44)25(5)19-45-20-29-12-10-9-11-13-29/h9-16,22-28,30-35,39-42H,17-20H2,1-8H3,(H2,38,44)/b15-14-,21-16-/t22?,23?,24-,25?,26-,27-,28?,30+,31?,32?,33+,34-,35-/m0/s1. The average Bonchev–Trinajstić information content (AvgIpc) is 3.03. The average molecular weight is 662 g/mol. The maximum atomic E-state index is 12.0. The summed E-state index contributed by atoms with van der Waals surface area (Å²) in [6.45, 7) is 15.6. The van der Waals surface area contributed by atoms with Gasteiger partial charge in [-0.25, -0.2) is 4.79 Å². The summed E-state index contributed by atoms with van der Waals surface area (Å²) in [5.74, 6) is -2.64. The second-order valence-corrected chi connectivity index (χ2v) is 13.9. The molecule has 0 aliphatic carbocycles. The Morgan fingerprint density at radius 1 is 0.979 bits per heavy atom. The lowest BCUT2D eigenvalue weighted by Gasteiger charge is -2.36. The Balaban J connectivity index is 1.92. The highest BCUT2D eigenvalue weighted by atomic mass is 16.6. The minimum absolute atomic E-state index is 0.161. The normalized spacial score (nSPS) is 26.4. The molecule has 2 rings (SSSR count). The number of carbonyl (C=O) groups is 2. The van der Waals surface area contributed by atoms with Gasteiger partial charge in [0.1, 0.15) is 12.2 Å². The SMILES string of the molecule is C/C(=C/C(C)C(O)C(C)/C=C\[C@@H](O)CC1OC(=O)C(C)[C@@H](O)[C@H]1C)C[C@H](C)[C@@H](O)[C@H](C)[C@@H](OC(N)=O)C(C)COCc1ccccc1. The number of hydrogen-bond donors (Lipinski definition) is 5. The Labute approximate surface area is 281 Å². The first-order valence-corrected chi connectivity index (χ1v) is 16.9. The van der Waals surface area contributed by atoms with Crippen LogP contribution in [0.25, 0.3) is 0 Å². The summed E-state index contributed by atoms with van der Waals surface area (Å²) in [6.07, 6.45) is 0.690. The van der Waals surface area contributed by atoms with E-state index in [1.807, 2.05) is 78.0 Å². The molecule has 0 spiro atoms. The molecule has 1 saturated heterocycles. The lowest BCUT2D eigenvalue weighted by Crippen LogP contribution is -2.47. The van der Waals surface area contributed by atoms with E-state index in [-0.39, 0.29) is 36.0 Å². The molecule has 0 saturated carbocycles. The molecule has 1 aromatic rings. The molecule has 1 amide bonds. The summed E-state index contributed by atoms with van der Waals surface area (Å²) in [4.78, 5) is 23.8. The fourth-order valence-electron chi connectivity index (χ4n) is 6.52.